The second-order valence-electron chi connectivity index (χ2n) is 4.95. The van der Waals surface area contributed by atoms with Gasteiger partial charge in [0.25, 0.3) is 0 Å². The van der Waals surface area contributed by atoms with Gasteiger partial charge in [0.05, 0.1) is 0 Å². The molecule has 1 fully saturated rings. The maximum atomic E-state index is 4.51. The third-order valence-electron chi connectivity index (χ3n) is 2.61. The summed E-state index contributed by atoms with van der Waals surface area (Å²) < 4.78 is 0. The Morgan fingerprint density at radius 3 is 2.43 bits per heavy atom. The Labute approximate surface area is 90.0 Å². The van der Waals surface area contributed by atoms with Gasteiger partial charge >= 0.3 is 0 Å². The standard InChI is InChI=1S/C11H18N2S/c1-11(2,3)9-8-12-10(14-9)13-6-4-5-7-13/h8H,4-7H2,1-3H3. The second kappa shape index (κ2) is 3.54. The monoisotopic (exact) mass is 210 g/mol. The minimum atomic E-state index is 0.246. The molecule has 1 aliphatic rings. The SMILES string of the molecule is CC(C)(C)c1cnc(N2CCCC2)s1. The molecule has 0 radical (unpaired) electrons. The molecular formula is C11H18N2S. The first-order chi connectivity index (χ1) is 6.57. The average Bonchev–Trinajstić information content (AvgIpc) is 2.73. The summed E-state index contributed by atoms with van der Waals surface area (Å²) in [4.78, 5) is 8.30. The lowest BCUT2D eigenvalue weighted by Gasteiger charge is -2.15. The van der Waals surface area contributed by atoms with E-state index < -0.39 is 0 Å². The molecule has 0 bridgehead atoms. The first kappa shape index (κ1) is 9.97. The molecule has 0 aliphatic carbocycles. The zero-order valence-corrected chi connectivity index (χ0v) is 10.0. The van der Waals surface area contributed by atoms with Gasteiger partial charge in [0.1, 0.15) is 0 Å². The van der Waals surface area contributed by atoms with Crippen molar-refractivity contribution in [2.24, 2.45) is 0 Å². The van der Waals surface area contributed by atoms with Gasteiger partial charge in [0.15, 0.2) is 5.13 Å². The Morgan fingerprint density at radius 1 is 1.29 bits per heavy atom. The van der Waals surface area contributed by atoms with Gasteiger partial charge in [-0.1, -0.05) is 20.8 Å². The highest BCUT2D eigenvalue weighted by atomic mass is 32.1. The summed E-state index contributed by atoms with van der Waals surface area (Å²) in [5.74, 6) is 0. The van der Waals surface area contributed by atoms with E-state index in [1.807, 2.05) is 17.5 Å². The second-order valence-corrected chi connectivity index (χ2v) is 5.96. The zero-order valence-electron chi connectivity index (χ0n) is 9.21. The highest BCUT2D eigenvalue weighted by Crippen LogP contribution is 2.33. The molecule has 14 heavy (non-hydrogen) atoms. The van der Waals surface area contributed by atoms with Crippen LogP contribution < -0.4 is 4.90 Å². The summed E-state index contributed by atoms with van der Waals surface area (Å²) in [6, 6.07) is 0. The molecule has 0 atom stereocenters. The zero-order chi connectivity index (χ0) is 10.2. The number of hydrogen-bond donors (Lipinski definition) is 0. The number of aromatic nitrogens is 1. The number of nitrogens with zero attached hydrogens (tertiary/aromatic N) is 2. The lowest BCUT2D eigenvalue weighted by Crippen LogP contribution is -2.16. The van der Waals surface area contributed by atoms with Crippen molar-refractivity contribution in [2.45, 2.75) is 39.0 Å². The molecule has 78 valence electrons. The normalized spacial score (nSPS) is 17.8. The minimum Gasteiger partial charge on any atom is -0.348 e. The molecule has 1 aromatic rings. The van der Waals surface area contributed by atoms with Crippen molar-refractivity contribution in [3.8, 4) is 0 Å². The molecule has 0 saturated carbocycles. The summed E-state index contributed by atoms with van der Waals surface area (Å²) in [5.41, 5.74) is 0.246. The van der Waals surface area contributed by atoms with Crippen LogP contribution in [0.3, 0.4) is 0 Å². The van der Waals surface area contributed by atoms with Gasteiger partial charge in [-0.05, 0) is 18.3 Å². The Bertz CT molecular complexity index is 305. The van der Waals surface area contributed by atoms with Crippen LogP contribution in [-0.4, -0.2) is 18.1 Å². The van der Waals surface area contributed by atoms with Gasteiger partial charge in [0.2, 0.25) is 0 Å². The van der Waals surface area contributed by atoms with E-state index in [1.165, 1.54) is 35.9 Å². The van der Waals surface area contributed by atoms with Crippen LogP contribution in [0.1, 0.15) is 38.5 Å². The van der Waals surface area contributed by atoms with Crippen molar-refractivity contribution < 1.29 is 0 Å². The maximum absolute atomic E-state index is 4.51. The lowest BCUT2D eigenvalue weighted by atomic mass is 9.96. The minimum absolute atomic E-state index is 0.246. The van der Waals surface area contributed by atoms with E-state index in [2.05, 4.69) is 30.7 Å². The van der Waals surface area contributed by atoms with Gasteiger partial charge in [-0.25, -0.2) is 4.98 Å². The number of thiazole rings is 1. The fourth-order valence-electron chi connectivity index (χ4n) is 1.67. The number of hydrogen-bond acceptors (Lipinski definition) is 3. The molecule has 0 aromatic carbocycles. The van der Waals surface area contributed by atoms with E-state index in [1.54, 1.807) is 0 Å². The van der Waals surface area contributed by atoms with Gasteiger partial charge in [-0.15, -0.1) is 11.3 Å². The van der Waals surface area contributed by atoms with E-state index in [-0.39, 0.29) is 5.41 Å². The third kappa shape index (κ3) is 1.92. The van der Waals surface area contributed by atoms with Crippen molar-refractivity contribution in [1.29, 1.82) is 0 Å². The van der Waals surface area contributed by atoms with Crippen LogP contribution in [0.2, 0.25) is 0 Å². The van der Waals surface area contributed by atoms with Crippen molar-refractivity contribution in [3.63, 3.8) is 0 Å². The quantitative estimate of drug-likeness (QED) is 0.708. The first-order valence-electron chi connectivity index (χ1n) is 5.28. The average molecular weight is 210 g/mol. The maximum Gasteiger partial charge on any atom is 0.185 e. The number of rotatable bonds is 1. The first-order valence-corrected chi connectivity index (χ1v) is 6.10. The van der Waals surface area contributed by atoms with E-state index in [0.717, 1.165) is 0 Å². The van der Waals surface area contributed by atoms with Crippen molar-refractivity contribution >= 4 is 16.5 Å². The number of anilines is 1. The van der Waals surface area contributed by atoms with Gasteiger partial charge in [-0.3, -0.25) is 0 Å². The van der Waals surface area contributed by atoms with Crippen molar-refractivity contribution in [3.05, 3.63) is 11.1 Å². The Hall–Kier alpha value is -0.570. The molecule has 1 aromatic heterocycles. The fourth-order valence-corrected chi connectivity index (χ4v) is 2.69. The van der Waals surface area contributed by atoms with Crippen LogP contribution >= 0.6 is 11.3 Å². The molecular weight excluding hydrogens is 192 g/mol. The summed E-state index contributed by atoms with van der Waals surface area (Å²) in [6.45, 7) is 9.12. The largest absolute Gasteiger partial charge is 0.348 e. The van der Waals surface area contributed by atoms with Crippen molar-refractivity contribution in [2.75, 3.05) is 18.0 Å². The molecule has 0 spiro atoms. The fraction of sp³-hybridized carbons (Fsp3) is 0.727. The highest BCUT2D eigenvalue weighted by molar-refractivity contribution is 7.15. The molecule has 0 N–H and O–H groups in total. The van der Waals surface area contributed by atoms with E-state index >= 15 is 0 Å². The summed E-state index contributed by atoms with van der Waals surface area (Å²) in [6.07, 6.45) is 4.69. The summed E-state index contributed by atoms with van der Waals surface area (Å²) in [7, 11) is 0. The lowest BCUT2D eigenvalue weighted by molar-refractivity contribution is 0.602. The van der Waals surface area contributed by atoms with E-state index in [9.17, 15) is 0 Å². The predicted octanol–water partition coefficient (Wildman–Crippen LogP) is 3.04. The molecule has 2 nitrogen and oxygen atoms in total. The highest BCUT2D eigenvalue weighted by Gasteiger charge is 2.20. The Morgan fingerprint density at radius 2 is 1.93 bits per heavy atom. The van der Waals surface area contributed by atoms with Gasteiger partial charge < -0.3 is 4.90 Å². The Balaban J connectivity index is 2.17. The van der Waals surface area contributed by atoms with Crippen LogP contribution in [0.5, 0.6) is 0 Å². The molecule has 1 aliphatic heterocycles. The predicted molar refractivity (Wildman–Crippen MR) is 62.3 cm³/mol. The molecule has 1 saturated heterocycles. The molecule has 3 heteroatoms. The smallest absolute Gasteiger partial charge is 0.185 e. The molecule has 0 unspecified atom stereocenters. The van der Waals surface area contributed by atoms with Gasteiger partial charge in [-0.2, -0.15) is 0 Å². The van der Waals surface area contributed by atoms with Crippen LogP contribution in [0.25, 0.3) is 0 Å². The van der Waals surface area contributed by atoms with Crippen LogP contribution in [0, 0.1) is 0 Å². The summed E-state index contributed by atoms with van der Waals surface area (Å²) in [5, 5.41) is 1.22. The van der Waals surface area contributed by atoms with Crippen LogP contribution in [0.15, 0.2) is 6.20 Å². The third-order valence-corrected chi connectivity index (χ3v) is 4.09. The van der Waals surface area contributed by atoms with Crippen LogP contribution in [0.4, 0.5) is 5.13 Å². The molecule has 2 rings (SSSR count). The van der Waals surface area contributed by atoms with Crippen LogP contribution in [-0.2, 0) is 5.41 Å². The van der Waals surface area contributed by atoms with E-state index in [0.29, 0.717) is 0 Å². The Kier molecular flexibility index (Phi) is 2.52. The summed E-state index contributed by atoms with van der Waals surface area (Å²) >= 11 is 1.85. The van der Waals surface area contributed by atoms with Gasteiger partial charge in [0, 0.05) is 24.2 Å². The van der Waals surface area contributed by atoms with E-state index in [4.69, 9.17) is 0 Å². The molecule has 2 heterocycles. The topological polar surface area (TPSA) is 16.1 Å². The molecule has 0 amide bonds. The van der Waals surface area contributed by atoms with Crippen molar-refractivity contribution in [1.82, 2.24) is 4.98 Å².